The van der Waals surface area contributed by atoms with Gasteiger partial charge in [0, 0.05) is 20.3 Å². The molecule has 1 rings (SSSR count). The van der Waals surface area contributed by atoms with Gasteiger partial charge < -0.3 is 4.90 Å². The van der Waals surface area contributed by atoms with Crippen molar-refractivity contribution in [2.75, 3.05) is 14.1 Å². The molecule has 100 valence electrons. The van der Waals surface area contributed by atoms with Crippen molar-refractivity contribution in [2.24, 2.45) is 0 Å². The van der Waals surface area contributed by atoms with E-state index < -0.39 is 17.1 Å². The van der Waals surface area contributed by atoms with E-state index in [2.05, 4.69) is 9.97 Å². The van der Waals surface area contributed by atoms with Gasteiger partial charge in [-0.1, -0.05) is 11.8 Å². The Morgan fingerprint density at radius 2 is 2.06 bits per heavy atom. The van der Waals surface area contributed by atoms with Gasteiger partial charge >= 0.3 is 6.18 Å². The Labute approximate surface area is 107 Å². The van der Waals surface area contributed by atoms with E-state index in [1.807, 2.05) is 0 Å². The lowest BCUT2D eigenvalue weighted by Crippen LogP contribution is -2.29. The molecule has 1 aromatic heterocycles. The molecule has 4 nitrogen and oxygen atoms in total. The van der Waals surface area contributed by atoms with Crippen molar-refractivity contribution < 1.29 is 18.0 Å². The lowest BCUT2D eigenvalue weighted by Gasteiger charge is -2.15. The van der Waals surface area contributed by atoms with Crippen LogP contribution in [0.5, 0.6) is 0 Å². The topological polar surface area (TPSA) is 46.1 Å². The molecule has 1 unspecified atom stereocenters. The number of carbonyl (C=O) groups is 1. The zero-order chi connectivity index (χ0) is 13.9. The van der Waals surface area contributed by atoms with Crippen molar-refractivity contribution in [3.8, 4) is 0 Å². The number of nitrogens with zero attached hydrogens (tertiary/aromatic N) is 3. The molecule has 0 aliphatic heterocycles. The van der Waals surface area contributed by atoms with E-state index in [1.54, 1.807) is 21.0 Å². The maximum Gasteiger partial charge on any atom is 0.433 e. The molecule has 0 N–H and O–H groups in total. The third-order valence-corrected chi connectivity index (χ3v) is 2.96. The second-order valence-corrected chi connectivity index (χ2v) is 5.02. The third kappa shape index (κ3) is 3.86. The first-order valence-electron chi connectivity index (χ1n) is 5.00. The maximum absolute atomic E-state index is 12.4. The van der Waals surface area contributed by atoms with E-state index in [-0.39, 0.29) is 11.1 Å². The second kappa shape index (κ2) is 5.55. The van der Waals surface area contributed by atoms with E-state index in [9.17, 15) is 18.0 Å². The lowest BCUT2D eigenvalue weighted by molar-refractivity contribution is -0.141. The van der Waals surface area contributed by atoms with Gasteiger partial charge in [-0.25, -0.2) is 9.97 Å². The van der Waals surface area contributed by atoms with Crippen LogP contribution in [-0.4, -0.2) is 40.1 Å². The molecule has 0 spiro atoms. The minimum Gasteiger partial charge on any atom is -0.348 e. The minimum absolute atomic E-state index is 0.0625. The number of rotatable bonds is 3. The largest absolute Gasteiger partial charge is 0.433 e. The van der Waals surface area contributed by atoms with Crippen molar-refractivity contribution in [3.63, 3.8) is 0 Å². The Morgan fingerprint density at radius 3 is 2.56 bits per heavy atom. The molecule has 0 saturated carbocycles. The van der Waals surface area contributed by atoms with Gasteiger partial charge in [-0.15, -0.1) is 0 Å². The standard InChI is InChI=1S/C10H12F3N3OS/c1-6(8(17)16(2)3)18-9-14-5-4-7(15-9)10(11,12)13/h4-6H,1-3H3. The van der Waals surface area contributed by atoms with E-state index in [0.29, 0.717) is 0 Å². The highest BCUT2D eigenvalue weighted by Gasteiger charge is 2.33. The number of amides is 1. The summed E-state index contributed by atoms with van der Waals surface area (Å²) in [7, 11) is 3.15. The molecule has 0 aliphatic carbocycles. The lowest BCUT2D eigenvalue weighted by atomic mass is 10.4. The zero-order valence-corrected chi connectivity index (χ0v) is 10.8. The van der Waals surface area contributed by atoms with Crippen LogP contribution in [0.2, 0.25) is 0 Å². The van der Waals surface area contributed by atoms with Crippen LogP contribution in [-0.2, 0) is 11.0 Å². The van der Waals surface area contributed by atoms with E-state index in [0.717, 1.165) is 24.0 Å². The van der Waals surface area contributed by atoms with Crippen LogP contribution in [0.15, 0.2) is 17.4 Å². The van der Waals surface area contributed by atoms with Crippen LogP contribution in [0.3, 0.4) is 0 Å². The Balaban J connectivity index is 2.83. The Kier molecular flexibility index (Phi) is 4.55. The van der Waals surface area contributed by atoms with Crippen molar-refractivity contribution in [2.45, 2.75) is 23.5 Å². The predicted molar refractivity (Wildman–Crippen MR) is 61.0 cm³/mol. The number of aromatic nitrogens is 2. The van der Waals surface area contributed by atoms with Crippen LogP contribution in [0.25, 0.3) is 0 Å². The number of thioether (sulfide) groups is 1. The van der Waals surface area contributed by atoms with Gasteiger partial charge in [-0.3, -0.25) is 4.79 Å². The highest BCUT2D eigenvalue weighted by atomic mass is 32.2. The SMILES string of the molecule is CC(Sc1nccc(C(F)(F)F)n1)C(=O)N(C)C. The normalized spacial score (nSPS) is 13.2. The van der Waals surface area contributed by atoms with E-state index >= 15 is 0 Å². The molecule has 8 heteroatoms. The average Bonchev–Trinajstić information content (AvgIpc) is 2.27. The summed E-state index contributed by atoms with van der Waals surface area (Å²) in [5, 5.41) is -0.601. The van der Waals surface area contributed by atoms with Gasteiger partial charge in [0.25, 0.3) is 0 Å². The molecule has 0 saturated heterocycles. The van der Waals surface area contributed by atoms with Crippen LogP contribution < -0.4 is 0 Å². The summed E-state index contributed by atoms with van der Waals surface area (Å²) in [6, 6.07) is 0.794. The molecule has 0 aliphatic rings. The first-order chi connectivity index (χ1) is 8.21. The van der Waals surface area contributed by atoms with Gasteiger partial charge in [0.1, 0.15) is 5.69 Å². The fourth-order valence-corrected chi connectivity index (χ4v) is 2.03. The van der Waals surface area contributed by atoms with Crippen LogP contribution in [0.1, 0.15) is 12.6 Å². The summed E-state index contributed by atoms with van der Waals surface area (Å²) < 4.78 is 37.3. The summed E-state index contributed by atoms with van der Waals surface area (Å²) in [5.74, 6) is -0.207. The minimum atomic E-state index is -4.51. The number of hydrogen-bond donors (Lipinski definition) is 0. The van der Waals surface area contributed by atoms with Gasteiger partial charge in [0.15, 0.2) is 5.16 Å². The molecule has 0 bridgehead atoms. The molecule has 1 aromatic rings. The van der Waals surface area contributed by atoms with Crippen molar-refractivity contribution >= 4 is 17.7 Å². The van der Waals surface area contributed by atoms with Gasteiger partial charge in [0.05, 0.1) is 5.25 Å². The monoisotopic (exact) mass is 279 g/mol. The van der Waals surface area contributed by atoms with Crippen LogP contribution in [0.4, 0.5) is 13.2 Å². The quantitative estimate of drug-likeness (QED) is 0.627. The Bertz CT molecular complexity index is 437. The summed E-state index contributed by atoms with van der Waals surface area (Å²) >= 11 is 0.897. The summed E-state index contributed by atoms with van der Waals surface area (Å²) in [6.07, 6.45) is -3.47. The van der Waals surface area contributed by atoms with Crippen LogP contribution in [0, 0.1) is 0 Å². The first kappa shape index (κ1) is 14.7. The highest BCUT2D eigenvalue weighted by molar-refractivity contribution is 8.00. The molecule has 0 fully saturated rings. The van der Waals surface area contributed by atoms with E-state index in [1.165, 1.54) is 4.90 Å². The molecule has 1 heterocycles. The Hall–Kier alpha value is -1.31. The van der Waals surface area contributed by atoms with Crippen molar-refractivity contribution in [1.82, 2.24) is 14.9 Å². The highest BCUT2D eigenvalue weighted by Crippen LogP contribution is 2.29. The van der Waals surface area contributed by atoms with Crippen molar-refractivity contribution in [1.29, 1.82) is 0 Å². The molecular weight excluding hydrogens is 267 g/mol. The van der Waals surface area contributed by atoms with Crippen LogP contribution >= 0.6 is 11.8 Å². The van der Waals surface area contributed by atoms with Gasteiger partial charge in [-0.05, 0) is 13.0 Å². The summed E-state index contributed by atoms with van der Waals surface area (Å²) in [5.41, 5.74) is -1.01. The number of hydrogen-bond acceptors (Lipinski definition) is 4. The van der Waals surface area contributed by atoms with E-state index in [4.69, 9.17) is 0 Å². The maximum atomic E-state index is 12.4. The average molecular weight is 279 g/mol. The zero-order valence-electron chi connectivity index (χ0n) is 10.0. The summed E-state index contributed by atoms with van der Waals surface area (Å²) in [4.78, 5) is 20.0. The first-order valence-corrected chi connectivity index (χ1v) is 5.88. The fraction of sp³-hybridized carbons (Fsp3) is 0.500. The smallest absolute Gasteiger partial charge is 0.348 e. The number of carbonyl (C=O) groups excluding carboxylic acids is 1. The predicted octanol–water partition coefficient (Wildman–Crippen LogP) is 2.06. The number of halogens is 3. The molecule has 1 amide bonds. The second-order valence-electron chi connectivity index (χ2n) is 3.71. The van der Waals surface area contributed by atoms with Gasteiger partial charge in [-0.2, -0.15) is 13.2 Å². The Morgan fingerprint density at radius 1 is 1.44 bits per heavy atom. The molecule has 0 radical (unpaired) electrons. The molecule has 1 atom stereocenters. The number of alkyl halides is 3. The fourth-order valence-electron chi connectivity index (χ4n) is 1.13. The van der Waals surface area contributed by atoms with Gasteiger partial charge in [0.2, 0.25) is 5.91 Å². The molecular formula is C10H12F3N3OS. The van der Waals surface area contributed by atoms with Crippen molar-refractivity contribution in [3.05, 3.63) is 18.0 Å². The summed E-state index contributed by atoms with van der Waals surface area (Å²) in [6.45, 7) is 1.59. The molecule has 0 aromatic carbocycles. The third-order valence-electron chi connectivity index (χ3n) is 1.99. The molecule has 18 heavy (non-hydrogen) atoms.